The first-order chi connectivity index (χ1) is 7.37. The molecule has 0 spiro atoms. The standard InChI is InChI=1S/C9H12N2O4S/c1-7-3-4-8(5-10-7)6-15-9(12)11-16(2,13)14/h3-5H,6H2,1-2H3,(H,11,12). The summed E-state index contributed by atoms with van der Waals surface area (Å²) >= 11 is 0. The van der Waals surface area contributed by atoms with Gasteiger partial charge in [-0.15, -0.1) is 0 Å². The summed E-state index contributed by atoms with van der Waals surface area (Å²) in [6.45, 7) is 1.82. The van der Waals surface area contributed by atoms with E-state index in [9.17, 15) is 13.2 Å². The van der Waals surface area contributed by atoms with Crippen LogP contribution < -0.4 is 4.72 Å². The number of pyridine rings is 1. The molecule has 0 atom stereocenters. The molecule has 0 fully saturated rings. The Hall–Kier alpha value is -1.63. The van der Waals surface area contributed by atoms with Gasteiger partial charge in [-0.05, 0) is 13.0 Å². The predicted molar refractivity (Wildman–Crippen MR) is 57.1 cm³/mol. The number of nitrogens with zero attached hydrogens (tertiary/aromatic N) is 1. The van der Waals surface area contributed by atoms with Crippen molar-refractivity contribution in [2.24, 2.45) is 0 Å². The third kappa shape index (κ3) is 4.74. The molecule has 1 amide bonds. The summed E-state index contributed by atoms with van der Waals surface area (Å²) in [6.07, 6.45) is 1.44. The molecule has 0 bridgehead atoms. The average molecular weight is 244 g/mol. The zero-order valence-corrected chi connectivity index (χ0v) is 9.74. The highest BCUT2D eigenvalue weighted by atomic mass is 32.2. The van der Waals surface area contributed by atoms with Gasteiger partial charge in [-0.1, -0.05) is 6.07 Å². The fraction of sp³-hybridized carbons (Fsp3) is 0.333. The van der Waals surface area contributed by atoms with E-state index in [2.05, 4.69) is 9.72 Å². The maximum atomic E-state index is 11.0. The van der Waals surface area contributed by atoms with Crippen LogP contribution in [0.4, 0.5) is 4.79 Å². The molecule has 0 unspecified atom stereocenters. The minimum atomic E-state index is -3.57. The van der Waals surface area contributed by atoms with E-state index >= 15 is 0 Å². The van der Waals surface area contributed by atoms with E-state index in [0.717, 1.165) is 11.9 Å². The smallest absolute Gasteiger partial charge is 0.421 e. The van der Waals surface area contributed by atoms with Gasteiger partial charge in [0.1, 0.15) is 6.61 Å². The Morgan fingerprint density at radius 3 is 2.69 bits per heavy atom. The van der Waals surface area contributed by atoms with Gasteiger partial charge in [0.2, 0.25) is 10.0 Å². The lowest BCUT2D eigenvalue weighted by atomic mass is 10.3. The molecule has 0 saturated carbocycles. The third-order valence-electron chi connectivity index (χ3n) is 1.61. The van der Waals surface area contributed by atoms with Crippen LogP contribution in [0.5, 0.6) is 0 Å². The van der Waals surface area contributed by atoms with Gasteiger partial charge in [-0.25, -0.2) is 17.9 Å². The number of carbonyl (C=O) groups is 1. The molecule has 0 aromatic carbocycles. The molecule has 1 aromatic heterocycles. The van der Waals surface area contributed by atoms with E-state index in [-0.39, 0.29) is 6.61 Å². The Labute approximate surface area is 93.7 Å². The van der Waals surface area contributed by atoms with Crippen LogP contribution in [0, 0.1) is 6.92 Å². The molecule has 1 rings (SSSR count). The van der Waals surface area contributed by atoms with Gasteiger partial charge in [-0.3, -0.25) is 4.98 Å². The summed E-state index contributed by atoms with van der Waals surface area (Å²) in [4.78, 5) is 15.0. The minimum absolute atomic E-state index is 0.0192. The van der Waals surface area contributed by atoms with E-state index < -0.39 is 16.1 Å². The molecule has 0 aliphatic heterocycles. The second-order valence-electron chi connectivity index (χ2n) is 3.26. The Balaban J connectivity index is 2.46. The normalized spacial score (nSPS) is 10.9. The second-order valence-corrected chi connectivity index (χ2v) is 5.01. The number of carbonyl (C=O) groups excluding carboxylic acids is 1. The number of hydrogen-bond acceptors (Lipinski definition) is 5. The van der Waals surface area contributed by atoms with Gasteiger partial charge in [0.15, 0.2) is 0 Å². The zero-order valence-electron chi connectivity index (χ0n) is 8.93. The highest BCUT2D eigenvalue weighted by molar-refractivity contribution is 7.89. The number of aromatic nitrogens is 1. The molecule has 6 nitrogen and oxygen atoms in total. The monoisotopic (exact) mass is 244 g/mol. The second kappa shape index (κ2) is 4.93. The fourth-order valence-electron chi connectivity index (χ4n) is 0.914. The van der Waals surface area contributed by atoms with Gasteiger partial charge in [0, 0.05) is 17.5 Å². The largest absolute Gasteiger partial charge is 0.444 e. The number of nitrogens with one attached hydrogen (secondary N) is 1. The van der Waals surface area contributed by atoms with E-state index in [4.69, 9.17) is 0 Å². The van der Waals surface area contributed by atoms with Crippen molar-refractivity contribution in [3.63, 3.8) is 0 Å². The van der Waals surface area contributed by atoms with Crippen molar-refractivity contribution < 1.29 is 17.9 Å². The van der Waals surface area contributed by atoms with Crippen LogP contribution in [0.1, 0.15) is 11.3 Å². The molecule has 88 valence electrons. The van der Waals surface area contributed by atoms with E-state index in [1.54, 1.807) is 23.1 Å². The molecule has 0 aliphatic carbocycles. The summed E-state index contributed by atoms with van der Waals surface area (Å²) in [6, 6.07) is 3.52. The van der Waals surface area contributed by atoms with Crippen molar-refractivity contribution in [3.05, 3.63) is 29.6 Å². The topological polar surface area (TPSA) is 85.4 Å². The van der Waals surface area contributed by atoms with E-state index in [1.165, 1.54) is 0 Å². The SMILES string of the molecule is Cc1ccc(COC(=O)NS(C)(=O)=O)cn1. The Bertz CT molecular complexity index is 467. The lowest BCUT2D eigenvalue weighted by Crippen LogP contribution is -2.29. The van der Waals surface area contributed by atoms with Gasteiger partial charge in [0.05, 0.1) is 6.26 Å². The molecular weight excluding hydrogens is 232 g/mol. The highest BCUT2D eigenvalue weighted by Gasteiger charge is 2.09. The summed E-state index contributed by atoms with van der Waals surface area (Å²) in [5.41, 5.74) is 1.54. The summed E-state index contributed by atoms with van der Waals surface area (Å²) in [7, 11) is -3.57. The molecular formula is C9H12N2O4S. The summed E-state index contributed by atoms with van der Waals surface area (Å²) in [5, 5.41) is 0. The van der Waals surface area contributed by atoms with Crippen molar-refractivity contribution in [3.8, 4) is 0 Å². The van der Waals surface area contributed by atoms with Gasteiger partial charge < -0.3 is 4.74 Å². The Kier molecular flexibility index (Phi) is 3.83. The lowest BCUT2D eigenvalue weighted by molar-refractivity contribution is 0.146. The van der Waals surface area contributed by atoms with Gasteiger partial charge in [-0.2, -0.15) is 0 Å². The zero-order chi connectivity index (χ0) is 12.2. The van der Waals surface area contributed by atoms with Crippen LogP contribution in [0.3, 0.4) is 0 Å². The van der Waals surface area contributed by atoms with Crippen LogP contribution in [-0.2, 0) is 21.4 Å². The molecule has 1 N–H and O–H groups in total. The Morgan fingerprint density at radius 1 is 1.50 bits per heavy atom. The van der Waals surface area contributed by atoms with Crippen LogP contribution in [-0.4, -0.2) is 25.8 Å². The highest BCUT2D eigenvalue weighted by Crippen LogP contribution is 2.01. The van der Waals surface area contributed by atoms with E-state index in [0.29, 0.717) is 5.56 Å². The molecule has 0 radical (unpaired) electrons. The molecule has 0 saturated heterocycles. The number of ether oxygens (including phenoxy) is 1. The van der Waals surface area contributed by atoms with Gasteiger partial charge >= 0.3 is 6.09 Å². The number of rotatable bonds is 3. The van der Waals surface area contributed by atoms with Gasteiger partial charge in [0.25, 0.3) is 0 Å². The number of aryl methyl sites for hydroxylation is 1. The van der Waals surface area contributed by atoms with Crippen molar-refractivity contribution in [2.45, 2.75) is 13.5 Å². The maximum absolute atomic E-state index is 11.0. The van der Waals surface area contributed by atoms with Crippen LogP contribution in [0.2, 0.25) is 0 Å². The van der Waals surface area contributed by atoms with Crippen LogP contribution in [0.15, 0.2) is 18.3 Å². The third-order valence-corrected chi connectivity index (χ3v) is 2.15. The predicted octanol–water partition coefficient (Wildman–Crippen LogP) is 0.576. The van der Waals surface area contributed by atoms with Crippen molar-refractivity contribution in [2.75, 3.05) is 6.26 Å². The lowest BCUT2D eigenvalue weighted by Gasteiger charge is -2.05. The van der Waals surface area contributed by atoms with Crippen molar-refractivity contribution >= 4 is 16.1 Å². The molecule has 1 aromatic rings. The first kappa shape index (κ1) is 12.4. The van der Waals surface area contributed by atoms with Crippen molar-refractivity contribution in [1.82, 2.24) is 9.71 Å². The quantitative estimate of drug-likeness (QED) is 0.840. The minimum Gasteiger partial charge on any atom is -0.444 e. The first-order valence-electron chi connectivity index (χ1n) is 4.43. The van der Waals surface area contributed by atoms with Crippen LogP contribution >= 0.6 is 0 Å². The van der Waals surface area contributed by atoms with Crippen LogP contribution in [0.25, 0.3) is 0 Å². The molecule has 0 aliphatic rings. The maximum Gasteiger partial charge on any atom is 0.421 e. The molecule has 7 heteroatoms. The summed E-state index contributed by atoms with van der Waals surface area (Å²) < 4.78 is 27.7. The summed E-state index contributed by atoms with van der Waals surface area (Å²) in [5.74, 6) is 0. The van der Waals surface area contributed by atoms with E-state index in [1.807, 2.05) is 6.92 Å². The number of amides is 1. The first-order valence-corrected chi connectivity index (χ1v) is 6.32. The molecule has 1 heterocycles. The number of sulfonamides is 1. The number of hydrogen-bond donors (Lipinski definition) is 1. The fourth-order valence-corrected chi connectivity index (χ4v) is 1.28. The Morgan fingerprint density at radius 2 is 2.19 bits per heavy atom. The molecule has 16 heavy (non-hydrogen) atoms. The average Bonchev–Trinajstić information content (AvgIpc) is 2.14. The van der Waals surface area contributed by atoms with Crippen molar-refractivity contribution in [1.29, 1.82) is 0 Å².